The molecule has 0 aliphatic heterocycles. The SMILES string of the molecule is CSCC[C@@H](NC(=O)c1ccccc1)C(=O)Nc1ccccc1. The van der Waals surface area contributed by atoms with Gasteiger partial charge in [-0.05, 0) is 42.7 Å². The van der Waals surface area contributed by atoms with E-state index in [1.54, 1.807) is 36.0 Å². The van der Waals surface area contributed by atoms with Crippen LogP contribution in [0.25, 0.3) is 0 Å². The molecule has 0 bridgehead atoms. The molecule has 0 radical (unpaired) electrons. The molecule has 0 spiro atoms. The summed E-state index contributed by atoms with van der Waals surface area (Å²) in [5, 5.41) is 5.67. The third kappa shape index (κ3) is 5.45. The second-order valence-electron chi connectivity index (χ2n) is 5.03. The summed E-state index contributed by atoms with van der Waals surface area (Å²) in [6, 6.07) is 17.6. The van der Waals surface area contributed by atoms with Gasteiger partial charge in [0, 0.05) is 11.3 Å². The first kappa shape index (κ1) is 17.1. The van der Waals surface area contributed by atoms with Crippen LogP contribution in [0.3, 0.4) is 0 Å². The lowest BCUT2D eigenvalue weighted by Gasteiger charge is -2.18. The quantitative estimate of drug-likeness (QED) is 0.821. The van der Waals surface area contributed by atoms with Crippen molar-refractivity contribution in [2.45, 2.75) is 12.5 Å². The second-order valence-corrected chi connectivity index (χ2v) is 6.01. The highest BCUT2D eigenvalue weighted by Crippen LogP contribution is 2.09. The highest BCUT2D eigenvalue weighted by atomic mass is 32.2. The first-order valence-electron chi connectivity index (χ1n) is 7.41. The molecule has 1 atom stereocenters. The van der Waals surface area contributed by atoms with Crippen LogP contribution < -0.4 is 10.6 Å². The van der Waals surface area contributed by atoms with Gasteiger partial charge in [-0.25, -0.2) is 0 Å². The van der Waals surface area contributed by atoms with Gasteiger partial charge in [-0.3, -0.25) is 9.59 Å². The van der Waals surface area contributed by atoms with Crippen LogP contribution in [0, 0.1) is 0 Å². The molecule has 0 aliphatic carbocycles. The summed E-state index contributed by atoms with van der Waals surface area (Å²) in [7, 11) is 0. The molecule has 2 aromatic rings. The van der Waals surface area contributed by atoms with Crippen LogP contribution in [0.2, 0.25) is 0 Å². The molecule has 5 heteroatoms. The maximum Gasteiger partial charge on any atom is 0.251 e. The fourth-order valence-corrected chi connectivity index (χ4v) is 2.56. The highest BCUT2D eigenvalue weighted by molar-refractivity contribution is 7.98. The van der Waals surface area contributed by atoms with Gasteiger partial charge in [0.05, 0.1) is 0 Å². The van der Waals surface area contributed by atoms with Gasteiger partial charge in [-0.15, -0.1) is 0 Å². The third-order valence-corrected chi connectivity index (χ3v) is 3.95. The van der Waals surface area contributed by atoms with Crippen molar-refractivity contribution < 1.29 is 9.59 Å². The molecule has 0 heterocycles. The first-order chi connectivity index (χ1) is 11.2. The summed E-state index contributed by atoms with van der Waals surface area (Å²) in [4.78, 5) is 24.7. The molecule has 4 nitrogen and oxygen atoms in total. The van der Waals surface area contributed by atoms with E-state index in [1.165, 1.54) is 0 Å². The Morgan fingerprint density at radius 1 is 1.00 bits per heavy atom. The zero-order valence-electron chi connectivity index (χ0n) is 13.0. The van der Waals surface area contributed by atoms with Gasteiger partial charge in [-0.2, -0.15) is 11.8 Å². The normalized spacial score (nSPS) is 11.5. The van der Waals surface area contributed by atoms with Crippen LogP contribution in [0.1, 0.15) is 16.8 Å². The smallest absolute Gasteiger partial charge is 0.251 e. The maximum atomic E-state index is 12.5. The summed E-state index contributed by atoms with van der Waals surface area (Å²) in [5.74, 6) is 0.358. The minimum atomic E-state index is -0.560. The van der Waals surface area contributed by atoms with E-state index in [1.807, 2.05) is 42.7 Å². The Kier molecular flexibility index (Phi) is 6.69. The van der Waals surface area contributed by atoms with Crippen LogP contribution in [-0.2, 0) is 4.79 Å². The minimum absolute atomic E-state index is 0.200. The number of carbonyl (C=O) groups excluding carboxylic acids is 2. The second kappa shape index (κ2) is 9.00. The molecule has 0 unspecified atom stereocenters. The number of thioether (sulfide) groups is 1. The number of hydrogen-bond acceptors (Lipinski definition) is 3. The van der Waals surface area contributed by atoms with Crippen LogP contribution in [0.5, 0.6) is 0 Å². The molecular weight excluding hydrogens is 308 g/mol. The zero-order chi connectivity index (χ0) is 16.5. The summed E-state index contributed by atoms with van der Waals surface area (Å²) >= 11 is 1.65. The van der Waals surface area contributed by atoms with Crippen molar-refractivity contribution >= 4 is 29.3 Å². The van der Waals surface area contributed by atoms with E-state index in [0.29, 0.717) is 12.0 Å². The summed E-state index contributed by atoms with van der Waals surface area (Å²) in [6.07, 6.45) is 2.56. The van der Waals surface area contributed by atoms with Crippen LogP contribution in [-0.4, -0.2) is 29.9 Å². The molecular formula is C18H20N2O2S. The molecule has 23 heavy (non-hydrogen) atoms. The van der Waals surface area contributed by atoms with Gasteiger partial charge < -0.3 is 10.6 Å². The predicted octanol–water partition coefficient (Wildman–Crippen LogP) is 3.18. The summed E-state index contributed by atoms with van der Waals surface area (Å²) in [5.41, 5.74) is 1.27. The van der Waals surface area contributed by atoms with E-state index in [-0.39, 0.29) is 11.8 Å². The van der Waals surface area contributed by atoms with Crippen molar-refractivity contribution in [1.82, 2.24) is 5.32 Å². The molecule has 2 rings (SSSR count). The number of hydrogen-bond donors (Lipinski definition) is 2. The average molecular weight is 328 g/mol. The largest absolute Gasteiger partial charge is 0.340 e. The highest BCUT2D eigenvalue weighted by Gasteiger charge is 2.21. The lowest BCUT2D eigenvalue weighted by molar-refractivity contribution is -0.118. The molecule has 2 amide bonds. The topological polar surface area (TPSA) is 58.2 Å². The Balaban J connectivity index is 2.04. The van der Waals surface area contributed by atoms with Crippen LogP contribution >= 0.6 is 11.8 Å². The van der Waals surface area contributed by atoms with Crippen molar-refractivity contribution in [3.05, 3.63) is 66.2 Å². The van der Waals surface area contributed by atoms with E-state index < -0.39 is 6.04 Å². The lowest BCUT2D eigenvalue weighted by Crippen LogP contribution is -2.44. The zero-order valence-corrected chi connectivity index (χ0v) is 13.8. The van der Waals surface area contributed by atoms with E-state index >= 15 is 0 Å². The standard InChI is InChI=1S/C18H20N2O2S/c1-23-13-12-16(18(22)19-15-10-6-3-7-11-15)20-17(21)14-8-4-2-5-9-14/h2-11,16H,12-13H2,1H3,(H,19,22)(H,20,21)/t16-/m1/s1. The molecule has 0 aliphatic rings. The Morgan fingerprint density at radius 3 is 2.22 bits per heavy atom. The molecule has 2 N–H and O–H groups in total. The number of para-hydroxylation sites is 1. The Labute approximate surface area is 140 Å². The van der Waals surface area contributed by atoms with Gasteiger partial charge in [-0.1, -0.05) is 36.4 Å². The van der Waals surface area contributed by atoms with E-state index in [4.69, 9.17) is 0 Å². The summed E-state index contributed by atoms with van der Waals surface area (Å²) in [6.45, 7) is 0. The fraction of sp³-hybridized carbons (Fsp3) is 0.222. The first-order valence-corrected chi connectivity index (χ1v) is 8.81. The number of rotatable bonds is 7. The van der Waals surface area contributed by atoms with Crippen molar-refractivity contribution in [1.29, 1.82) is 0 Å². The molecule has 0 saturated carbocycles. The predicted molar refractivity (Wildman–Crippen MR) is 95.8 cm³/mol. The Morgan fingerprint density at radius 2 is 1.61 bits per heavy atom. The van der Waals surface area contributed by atoms with Crippen molar-refractivity contribution in [2.24, 2.45) is 0 Å². The lowest BCUT2D eigenvalue weighted by atomic mass is 10.1. The Bertz CT molecular complexity index is 632. The third-order valence-electron chi connectivity index (χ3n) is 3.31. The number of nitrogens with one attached hydrogen (secondary N) is 2. The van der Waals surface area contributed by atoms with Gasteiger partial charge in [0.2, 0.25) is 5.91 Å². The molecule has 0 saturated heterocycles. The average Bonchev–Trinajstić information content (AvgIpc) is 2.60. The fourth-order valence-electron chi connectivity index (χ4n) is 2.09. The van der Waals surface area contributed by atoms with E-state index in [9.17, 15) is 9.59 Å². The summed E-state index contributed by atoms with van der Waals surface area (Å²) < 4.78 is 0. The van der Waals surface area contributed by atoms with E-state index in [0.717, 1.165) is 11.4 Å². The Hall–Kier alpha value is -2.27. The van der Waals surface area contributed by atoms with E-state index in [2.05, 4.69) is 10.6 Å². The van der Waals surface area contributed by atoms with Crippen molar-refractivity contribution in [2.75, 3.05) is 17.3 Å². The number of anilines is 1. The van der Waals surface area contributed by atoms with Crippen LogP contribution in [0.15, 0.2) is 60.7 Å². The van der Waals surface area contributed by atoms with Crippen LogP contribution in [0.4, 0.5) is 5.69 Å². The molecule has 0 fully saturated rings. The van der Waals surface area contributed by atoms with Crippen molar-refractivity contribution in [3.8, 4) is 0 Å². The maximum absolute atomic E-state index is 12.5. The van der Waals surface area contributed by atoms with Crippen molar-refractivity contribution in [3.63, 3.8) is 0 Å². The molecule has 0 aromatic heterocycles. The minimum Gasteiger partial charge on any atom is -0.340 e. The molecule has 2 aromatic carbocycles. The molecule has 120 valence electrons. The van der Waals surface area contributed by atoms with Gasteiger partial charge in [0.1, 0.15) is 6.04 Å². The number of benzene rings is 2. The number of carbonyl (C=O) groups is 2. The monoisotopic (exact) mass is 328 g/mol. The van der Waals surface area contributed by atoms with Gasteiger partial charge in [0.15, 0.2) is 0 Å². The number of amides is 2. The van der Waals surface area contributed by atoms with Gasteiger partial charge in [0.25, 0.3) is 5.91 Å². The van der Waals surface area contributed by atoms with Gasteiger partial charge >= 0.3 is 0 Å².